The summed E-state index contributed by atoms with van der Waals surface area (Å²) in [7, 11) is 0. The zero-order valence-corrected chi connectivity index (χ0v) is 60.3. The number of benzene rings is 3. The van der Waals surface area contributed by atoms with Crippen LogP contribution in [0.5, 0.6) is 0 Å². The van der Waals surface area contributed by atoms with Crippen LogP contribution in [0, 0.1) is 49.9 Å². The van der Waals surface area contributed by atoms with Gasteiger partial charge in [0.05, 0.1) is 71.9 Å². The molecule has 1 fully saturated rings. The van der Waals surface area contributed by atoms with Gasteiger partial charge >= 0.3 is 0 Å². The van der Waals surface area contributed by atoms with Crippen LogP contribution in [0.1, 0.15) is 81.4 Å². The molecule has 3 aromatic carbocycles. The van der Waals surface area contributed by atoms with E-state index in [-0.39, 0.29) is 109 Å². The summed E-state index contributed by atoms with van der Waals surface area (Å²) >= 11 is 17.4. The summed E-state index contributed by atoms with van der Waals surface area (Å²) in [6, 6.07) is 0. The van der Waals surface area contributed by atoms with E-state index in [0.717, 1.165) is 0 Å². The van der Waals surface area contributed by atoms with E-state index in [4.69, 9.17) is 0 Å². The summed E-state index contributed by atoms with van der Waals surface area (Å²) in [5, 5.41) is 25.4. The Morgan fingerprint density at radius 3 is 0.603 bits per heavy atom. The number of rotatable bonds is 24. The fourth-order valence-corrected chi connectivity index (χ4v) is 20.9. The third-order valence-electron chi connectivity index (χ3n) is 11.3. The van der Waals surface area contributed by atoms with Crippen molar-refractivity contribution in [2.24, 2.45) is 17.8 Å². The van der Waals surface area contributed by atoms with Gasteiger partial charge in [-0.25, -0.2) is 0 Å². The minimum Gasteiger partial charge on any atom is -0.349 e. The van der Waals surface area contributed by atoms with E-state index < -0.39 is 70.9 Å². The Bertz CT molecular complexity index is 2580. The minimum atomic E-state index is -1.09. The highest BCUT2D eigenvalue weighted by Gasteiger charge is 2.42. The van der Waals surface area contributed by atoms with Gasteiger partial charge in [0.2, 0.25) is 17.7 Å². The quantitative estimate of drug-likeness (QED) is 0.0305. The molecule has 78 heavy (non-hydrogen) atoms. The maximum Gasteiger partial charge on any atom is 0.253 e. The van der Waals surface area contributed by atoms with Crippen LogP contribution in [-0.4, -0.2) is 92.4 Å². The molecule has 9 N–H and O–H groups in total. The number of carbonyl (C=O) groups excluding carboxylic acids is 9. The number of halogens is 9. The van der Waals surface area contributed by atoms with Gasteiger partial charge in [-0.05, 0) is 223 Å². The zero-order valence-electron chi connectivity index (χ0n) is 40.9. The summed E-state index contributed by atoms with van der Waals surface area (Å²) < 4.78 is 2.81. The van der Waals surface area contributed by atoms with Crippen LogP contribution in [0.3, 0.4) is 0 Å². The van der Waals surface area contributed by atoms with Gasteiger partial charge in [-0.1, -0.05) is 36.5 Å². The fourth-order valence-electron chi connectivity index (χ4n) is 7.67. The highest BCUT2D eigenvalue weighted by molar-refractivity contribution is 14.1. The molecule has 0 saturated heterocycles. The molecule has 1 aliphatic carbocycles. The first-order chi connectivity index (χ1) is 37.0. The van der Waals surface area contributed by atoms with E-state index in [9.17, 15) is 28.8 Å². The molecule has 1 aliphatic rings. The maximum absolute atomic E-state index is 15.0. The molecule has 1 saturated carbocycles. The Kier molecular flexibility index (Phi) is 28.6. The summed E-state index contributed by atoms with van der Waals surface area (Å²) in [5.41, 5.74) is 1.11. The molecule has 0 aromatic heterocycles. The third-order valence-corrected chi connectivity index (χ3v) is 21.0. The maximum atomic E-state index is 15.0. The molecule has 3 aromatic rings. The van der Waals surface area contributed by atoms with E-state index in [1.54, 1.807) is 0 Å². The summed E-state index contributed by atoms with van der Waals surface area (Å²) in [6.07, 6.45) is 8.61. The molecule has 0 aliphatic heterocycles. The van der Waals surface area contributed by atoms with Crippen molar-refractivity contribution in [3.8, 4) is 0 Å². The van der Waals surface area contributed by atoms with Crippen molar-refractivity contribution in [3.05, 3.63) is 141 Å². The number of hydrogen-bond acceptors (Lipinski definition) is 9. The van der Waals surface area contributed by atoms with Crippen LogP contribution in [0.25, 0.3) is 0 Å². The Morgan fingerprint density at radius 1 is 0.308 bits per heavy atom. The van der Waals surface area contributed by atoms with Crippen LogP contribution >= 0.6 is 203 Å². The zero-order chi connectivity index (χ0) is 58.3. The van der Waals surface area contributed by atoms with Gasteiger partial charge in [0.15, 0.2) is 0 Å². The van der Waals surface area contributed by atoms with E-state index in [1.807, 2.05) is 203 Å². The topological polar surface area (TPSA) is 262 Å². The van der Waals surface area contributed by atoms with Gasteiger partial charge in [0, 0.05) is 67.7 Å². The fraction of sp³-hybridized carbons (Fsp3) is 0.235. The molecular formula is C51H48I9N9O9. The SMILES string of the molecule is C=CCNC(=O)c1c(I)c(NC(=O)C2CC(C(=O)Nc3c(I)c(C(=O)NCC=C)c(I)c(C(=O)NCC=C)c3I)CC(C(=O)Nc3c(I)c(C(=O)NCC=C)c(I)c(C(=O)NCC=C)c3I)C2)c(I)c(C(=O)NCC=C)c1I. The molecule has 0 radical (unpaired) electrons. The number of amides is 9. The molecule has 4 rings (SSSR count). The van der Waals surface area contributed by atoms with Crippen LogP contribution in [0.2, 0.25) is 0 Å². The monoisotopic (exact) mass is 2070 g/mol. The third kappa shape index (κ3) is 16.6. The lowest BCUT2D eigenvalue weighted by molar-refractivity contribution is -0.129. The Balaban J connectivity index is 1.95. The molecule has 0 bridgehead atoms. The van der Waals surface area contributed by atoms with Gasteiger partial charge in [0.25, 0.3) is 35.4 Å². The second kappa shape index (κ2) is 32.7. The van der Waals surface area contributed by atoms with Crippen LogP contribution in [0.15, 0.2) is 75.9 Å². The Morgan fingerprint density at radius 2 is 0.462 bits per heavy atom. The van der Waals surface area contributed by atoms with E-state index >= 15 is 14.4 Å². The first-order valence-electron chi connectivity index (χ1n) is 22.9. The summed E-state index contributed by atoms with van der Waals surface area (Å²) in [6.45, 7) is 22.7. The first kappa shape index (κ1) is 68.4. The lowest BCUT2D eigenvalue weighted by Crippen LogP contribution is -2.41. The second-order valence-corrected chi connectivity index (χ2v) is 26.2. The van der Waals surface area contributed by atoms with Crippen molar-refractivity contribution in [2.45, 2.75) is 19.3 Å². The van der Waals surface area contributed by atoms with E-state index in [2.05, 4.69) is 87.3 Å². The normalized spacial score (nSPS) is 14.5. The number of anilines is 3. The molecule has 9 amide bonds. The van der Waals surface area contributed by atoms with Gasteiger partial charge in [-0.15, -0.1) is 39.5 Å². The predicted molar refractivity (Wildman–Crippen MR) is 379 cm³/mol. The standard InChI is InChI=1S/C51H48I9N9O9/c1-7-13-61-46(73)25-31(52)26(47(74)62-14-8-2)35(56)40(34(25)55)67-43(70)22-19-23(44(71)68-41-36(57)27(48(75)63-15-9-3)32(53)28(37(41)58)49(76)64-16-10-4)21-24(20-22)45(72)69-42-38(59)29(50(77)65-17-11-5)33(54)30(39(42)60)51(78)66-18-12-6/h7-12,22-24H,1-6,13-21H2,(H,61,73)(H,62,74)(H,63,75)(H,64,76)(H,65,77)(H,66,78)(H,67,70)(H,68,71)(H,69,72). The molecule has 0 heterocycles. The Hall–Kier alpha value is -2.10. The van der Waals surface area contributed by atoms with Crippen molar-refractivity contribution in [3.63, 3.8) is 0 Å². The number of nitrogens with one attached hydrogen (secondary N) is 9. The van der Waals surface area contributed by atoms with Crippen LogP contribution in [0.4, 0.5) is 17.1 Å². The average molecular weight is 2070 g/mol. The molecule has 18 nitrogen and oxygen atoms in total. The largest absolute Gasteiger partial charge is 0.349 e. The van der Waals surface area contributed by atoms with Gasteiger partial charge in [-0.2, -0.15) is 0 Å². The van der Waals surface area contributed by atoms with E-state index in [0.29, 0.717) is 32.1 Å². The molecule has 0 atom stereocenters. The minimum absolute atomic E-state index is 0.105. The van der Waals surface area contributed by atoms with Crippen molar-refractivity contribution in [1.82, 2.24) is 31.9 Å². The van der Waals surface area contributed by atoms with Crippen LogP contribution < -0.4 is 47.9 Å². The van der Waals surface area contributed by atoms with Crippen LogP contribution in [-0.2, 0) is 14.4 Å². The van der Waals surface area contributed by atoms with Gasteiger partial charge in [0.1, 0.15) is 0 Å². The summed E-state index contributed by atoms with van der Waals surface area (Å²) in [4.78, 5) is 127. The second-order valence-electron chi connectivity index (χ2n) is 16.5. The highest BCUT2D eigenvalue weighted by Crippen LogP contribution is 2.42. The predicted octanol–water partition coefficient (Wildman–Crippen LogP) is 9.87. The van der Waals surface area contributed by atoms with Gasteiger partial charge < -0.3 is 47.9 Å². The molecular weight excluding hydrogens is 2020 g/mol. The van der Waals surface area contributed by atoms with Crippen molar-refractivity contribution >= 4 is 274 Å². The molecule has 27 heteroatoms. The number of carbonyl (C=O) groups is 9. The molecule has 414 valence electrons. The first-order valence-corrected chi connectivity index (χ1v) is 32.6. The smallest absolute Gasteiger partial charge is 0.253 e. The van der Waals surface area contributed by atoms with Crippen molar-refractivity contribution in [2.75, 3.05) is 55.2 Å². The lowest BCUT2D eigenvalue weighted by Gasteiger charge is -2.34. The lowest BCUT2D eigenvalue weighted by atomic mass is 9.74. The average Bonchev–Trinajstić information content (AvgIpc) is 3.45. The van der Waals surface area contributed by atoms with Crippen molar-refractivity contribution in [1.29, 1.82) is 0 Å². The Labute approximate surface area is 573 Å². The van der Waals surface area contributed by atoms with Crippen molar-refractivity contribution < 1.29 is 43.2 Å². The number of hydrogen-bond donors (Lipinski definition) is 9. The van der Waals surface area contributed by atoms with Gasteiger partial charge in [-0.3, -0.25) is 43.2 Å². The van der Waals surface area contributed by atoms with E-state index in [1.165, 1.54) is 36.5 Å². The molecule has 0 spiro atoms. The molecule has 0 unspecified atom stereocenters. The summed E-state index contributed by atoms with van der Waals surface area (Å²) in [5.74, 6) is -8.40. The highest BCUT2D eigenvalue weighted by atomic mass is 127.